The Bertz CT molecular complexity index is 158. The van der Waals surface area contributed by atoms with Gasteiger partial charge in [-0.15, -0.1) is 0 Å². The summed E-state index contributed by atoms with van der Waals surface area (Å²) in [4.78, 5) is 0. The highest BCUT2D eigenvalue weighted by Gasteiger charge is 1.98. The van der Waals surface area contributed by atoms with Gasteiger partial charge >= 0.3 is 0 Å². The van der Waals surface area contributed by atoms with Crippen LogP contribution in [-0.4, -0.2) is 13.7 Å². The molecule has 0 spiro atoms. The van der Waals surface area contributed by atoms with Crippen LogP contribution in [0.2, 0.25) is 0 Å². The number of hydrogen-bond donors (Lipinski definition) is 1. The fourth-order valence-electron chi connectivity index (χ4n) is 0.760. The highest BCUT2D eigenvalue weighted by molar-refractivity contribution is 5.22. The van der Waals surface area contributed by atoms with Crippen LogP contribution in [0.5, 0.6) is 0 Å². The number of hydrogen-bond acceptors (Lipinski definition) is 2. The molecule has 9 heavy (non-hydrogen) atoms. The SMILES string of the molecule is COC1=CC(C)=CCN1. The molecule has 1 aliphatic rings. The van der Waals surface area contributed by atoms with E-state index in [2.05, 4.69) is 18.3 Å². The minimum Gasteiger partial charge on any atom is -0.483 e. The van der Waals surface area contributed by atoms with Crippen LogP contribution in [0.15, 0.2) is 23.6 Å². The lowest BCUT2D eigenvalue weighted by Crippen LogP contribution is -2.17. The molecule has 0 saturated heterocycles. The summed E-state index contributed by atoms with van der Waals surface area (Å²) in [5.41, 5.74) is 1.26. The fraction of sp³-hybridized carbons (Fsp3) is 0.429. The maximum absolute atomic E-state index is 4.97. The van der Waals surface area contributed by atoms with E-state index < -0.39 is 0 Å². The summed E-state index contributed by atoms with van der Waals surface area (Å²) in [6.07, 6.45) is 4.09. The zero-order valence-electron chi connectivity index (χ0n) is 5.77. The van der Waals surface area contributed by atoms with E-state index in [1.54, 1.807) is 7.11 Å². The first-order valence-corrected chi connectivity index (χ1v) is 2.99. The predicted molar refractivity (Wildman–Crippen MR) is 36.9 cm³/mol. The second-order valence-corrected chi connectivity index (χ2v) is 2.04. The average Bonchev–Trinajstić information content (AvgIpc) is 1.88. The summed E-state index contributed by atoms with van der Waals surface area (Å²) < 4.78 is 4.97. The van der Waals surface area contributed by atoms with Gasteiger partial charge in [0.1, 0.15) is 0 Å². The Morgan fingerprint density at radius 2 is 2.44 bits per heavy atom. The van der Waals surface area contributed by atoms with Gasteiger partial charge in [-0.05, 0) is 12.5 Å². The smallest absolute Gasteiger partial charge is 0.186 e. The van der Waals surface area contributed by atoms with Gasteiger partial charge in [-0.25, -0.2) is 0 Å². The first-order chi connectivity index (χ1) is 4.33. The molecule has 0 aromatic carbocycles. The van der Waals surface area contributed by atoms with Gasteiger partial charge in [0.2, 0.25) is 0 Å². The van der Waals surface area contributed by atoms with Gasteiger partial charge in [-0.3, -0.25) is 0 Å². The van der Waals surface area contributed by atoms with E-state index in [4.69, 9.17) is 4.74 Å². The minimum absolute atomic E-state index is 0.856. The first kappa shape index (κ1) is 6.20. The van der Waals surface area contributed by atoms with Gasteiger partial charge < -0.3 is 10.1 Å². The molecule has 0 bridgehead atoms. The standard InChI is InChI=1S/C7H11NO/c1-6-3-4-8-7(5-6)9-2/h3,5,8H,4H2,1-2H3. The molecule has 1 rings (SSSR count). The maximum atomic E-state index is 4.97. The zero-order chi connectivity index (χ0) is 6.69. The van der Waals surface area contributed by atoms with Crippen molar-refractivity contribution in [3.8, 4) is 0 Å². The highest BCUT2D eigenvalue weighted by Crippen LogP contribution is 2.03. The number of allylic oxidation sites excluding steroid dienone is 2. The molecule has 2 heteroatoms. The second kappa shape index (κ2) is 2.58. The van der Waals surface area contributed by atoms with Crippen molar-refractivity contribution in [2.45, 2.75) is 6.92 Å². The van der Waals surface area contributed by atoms with Crippen molar-refractivity contribution in [1.82, 2.24) is 5.32 Å². The summed E-state index contributed by atoms with van der Waals surface area (Å²) in [5.74, 6) is 0.856. The number of dihydropyridines is 1. The number of rotatable bonds is 1. The molecule has 0 radical (unpaired) electrons. The molecule has 0 saturated carbocycles. The number of ether oxygens (including phenoxy) is 1. The molecule has 1 heterocycles. The van der Waals surface area contributed by atoms with Crippen molar-refractivity contribution in [2.24, 2.45) is 0 Å². The number of nitrogens with one attached hydrogen (secondary N) is 1. The largest absolute Gasteiger partial charge is 0.483 e. The van der Waals surface area contributed by atoms with Crippen molar-refractivity contribution in [3.05, 3.63) is 23.6 Å². The van der Waals surface area contributed by atoms with E-state index in [-0.39, 0.29) is 0 Å². The topological polar surface area (TPSA) is 21.3 Å². The van der Waals surface area contributed by atoms with Crippen molar-refractivity contribution in [2.75, 3.05) is 13.7 Å². The van der Waals surface area contributed by atoms with Gasteiger partial charge in [-0.2, -0.15) is 0 Å². The van der Waals surface area contributed by atoms with E-state index in [9.17, 15) is 0 Å². The van der Waals surface area contributed by atoms with Crippen LogP contribution < -0.4 is 5.32 Å². The van der Waals surface area contributed by atoms with E-state index in [0.717, 1.165) is 12.4 Å². The molecule has 50 valence electrons. The Balaban J connectivity index is 2.63. The third-order valence-corrected chi connectivity index (χ3v) is 1.28. The molecule has 0 aromatic rings. The quantitative estimate of drug-likeness (QED) is 0.565. The summed E-state index contributed by atoms with van der Waals surface area (Å²) in [7, 11) is 1.66. The second-order valence-electron chi connectivity index (χ2n) is 2.04. The predicted octanol–water partition coefficient (Wildman–Crippen LogP) is 1.02. The van der Waals surface area contributed by atoms with Crippen LogP contribution >= 0.6 is 0 Å². The molecule has 0 amide bonds. The lowest BCUT2D eigenvalue weighted by atomic mass is 10.2. The third-order valence-electron chi connectivity index (χ3n) is 1.28. The van der Waals surface area contributed by atoms with E-state index in [0.29, 0.717) is 0 Å². The Labute approximate surface area is 55.2 Å². The van der Waals surface area contributed by atoms with E-state index >= 15 is 0 Å². The fourth-order valence-corrected chi connectivity index (χ4v) is 0.760. The molecular weight excluding hydrogens is 114 g/mol. The molecule has 0 aliphatic carbocycles. The molecule has 0 fully saturated rings. The molecule has 0 unspecified atom stereocenters. The lowest BCUT2D eigenvalue weighted by molar-refractivity contribution is 0.263. The van der Waals surface area contributed by atoms with Crippen molar-refractivity contribution in [3.63, 3.8) is 0 Å². The monoisotopic (exact) mass is 125 g/mol. The summed E-state index contributed by atoms with van der Waals surface area (Å²) in [6.45, 7) is 2.94. The average molecular weight is 125 g/mol. The van der Waals surface area contributed by atoms with Crippen LogP contribution in [0.3, 0.4) is 0 Å². The highest BCUT2D eigenvalue weighted by atomic mass is 16.5. The Morgan fingerprint density at radius 1 is 1.67 bits per heavy atom. The van der Waals surface area contributed by atoms with Gasteiger partial charge in [0.05, 0.1) is 7.11 Å². The van der Waals surface area contributed by atoms with E-state index in [1.165, 1.54) is 5.57 Å². The van der Waals surface area contributed by atoms with Crippen LogP contribution in [-0.2, 0) is 4.74 Å². The van der Waals surface area contributed by atoms with Gasteiger partial charge in [0.25, 0.3) is 0 Å². The Morgan fingerprint density at radius 3 is 2.89 bits per heavy atom. The van der Waals surface area contributed by atoms with Gasteiger partial charge in [0, 0.05) is 12.6 Å². The minimum atomic E-state index is 0.856. The van der Waals surface area contributed by atoms with E-state index in [1.807, 2.05) is 6.08 Å². The molecule has 1 aliphatic heterocycles. The first-order valence-electron chi connectivity index (χ1n) is 2.99. The van der Waals surface area contributed by atoms with Crippen LogP contribution in [0.1, 0.15) is 6.92 Å². The molecule has 0 aromatic heterocycles. The lowest BCUT2D eigenvalue weighted by Gasteiger charge is -2.11. The summed E-state index contributed by atoms with van der Waals surface area (Å²) in [6, 6.07) is 0. The zero-order valence-corrected chi connectivity index (χ0v) is 5.77. The third kappa shape index (κ3) is 1.49. The molecule has 0 atom stereocenters. The Hall–Kier alpha value is -0.920. The van der Waals surface area contributed by atoms with Crippen molar-refractivity contribution in [1.29, 1.82) is 0 Å². The maximum Gasteiger partial charge on any atom is 0.186 e. The van der Waals surface area contributed by atoms with Crippen molar-refractivity contribution < 1.29 is 4.74 Å². The number of methoxy groups -OCH3 is 1. The Kier molecular flexibility index (Phi) is 1.78. The molecule has 2 nitrogen and oxygen atoms in total. The molecular formula is C7H11NO. The summed E-state index contributed by atoms with van der Waals surface area (Å²) in [5, 5.41) is 3.06. The van der Waals surface area contributed by atoms with Crippen LogP contribution in [0.25, 0.3) is 0 Å². The van der Waals surface area contributed by atoms with Crippen molar-refractivity contribution >= 4 is 0 Å². The van der Waals surface area contributed by atoms with Gasteiger partial charge in [-0.1, -0.05) is 6.08 Å². The van der Waals surface area contributed by atoms with Gasteiger partial charge in [0.15, 0.2) is 5.88 Å². The molecule has 1 N–H and O–H groups in total. The summed E-state index contributed by atoms with van der Waals surface area (Å²) >= 11 is 0. The van der Waals surface area contributed by atoms with Crippen LogP contribution in [0.4, 0.5) is 0 Å². The normalized spacial score (nSPS) is 17.6. The van der Waals surface area contributed by atoms with Crippen LogP contribution in [0, 0.1) is 0 Å².